The van der Waals surface area contributed by atoms with Gasteiger partial charge in [-0.05, 0) is 23.5 Å². The summed E-state index contributed by atoms with van der Waals surface area (Å²) < 4.78 is 1.14. The monoisotopic (exact) mass is 302 g/mol. The van der Waals surface area contributed by atoms with E-state index in [1.807, 2.05) is 12.1 Å². The summed E-state index contributed by atoms with van der Waals surface area (Å²) in [5.74, 6) is -0.705. The second-order valence-corrected chi connectivity index (χ2v) is 7.49. The maximum absolute atomic E-state index is 12.0. The van der Waals surface area contributed by atoms with Crippen LogP contribution in [-0.4, -0.2) is 16.8 Å². The standard InChI is InChI=1S/C16H18N2O2S/c1-16(2,3)10-5-4-6-11-13(10)21-15(17-11)9-7-8-12(19)18-14(9)20/h4-6,9H,7-8H2,1-3H3,(H,18,19,20). The molecule has 2 amide bonds. The lowest BCUT2D eigenvalue weighted by Gasteiger charge is -2.19. The van der Waals surface area contributed by atoms with Gasteiger partial charge in [-0.1, -0.05) is 32.9 Å². The molecule has 0 saturated carbocycles. The Morgan fingerprint density at radius 2 is 2.05 bits per heavy atom. The van der Waals surface area contributed by atoms with E-state index in [0.717, 1.165) is 15.2 Å². The fraction of sp³-hybridized carbons (Fsp3) is 0.438. The van der Waals surface area contributed by atoms with Crippen molar-refractivity contribution in [2.75, 3.05) is 0 Å². The summed E-state index contributed by atoms with van der Waals surface area (Å²) in [6, 6.07) is 6.11. The van der Waals surface area contributed by atoms with Crippen LogP contribution < -0.4 is 5.32 Å². The van der Waals surface area contributed by atoms with Gasteiger partial charge < -0.3 is 0 Å². The highest BCUT2D eigenvalue weighted by molar-refractivity contribution is 7.19. The number of amides is 2. The van der Waals surface area contributed by atoms with Crippen LogP contribution in [-0.2, 0) is 15.0 Å². The molecule has 3 rings (SSSR count). The number of nitrogens with one attached hydrogen (secondary N) is 1. The molecule has 1 saturated heterocycles. The first-order valence-electron chi connectivity index (χ1n) is 7.10. The first-order chi connectivity index (χ1) is 9.86. The number of piperidine rings is 1. The fourth-order valence-electron chi connectivity index (χ4n) is 2.64. The van der Waals surface area contributed by atoms with Gasteiger partial charge in [0, 0.05) is 6.42 Å². The molecule has 0 radical (unpaired) electrons. The van der Waals surface area contributed by atoms with E-state index in [2.05, 4.69) is 37.1 Å². The van der Waals surface area contributed by atoms with Gasteiger partial charge in [-0.15, -0.1) is 11.3 Å². The number of aromatic nitrogens is 1. The quantitative estimate of drug-likeness (QED) is 0.823. The summed E-state index contributed by atoms with van der Waals surface area (Å²) in [5.41, 5.74) is 2.22. The van der Waals surface area contributed by atoms with Crippen LogP contribution in [0, 0.1) is 0 Å². The molecule has 0 aliphatic carbocycles. The number of nitrogens with zero attached hydrogens (tertiary/aromatic N) is 1. The Hall–Kier alpha value is -1.75. The Morgan fingerprint density at radius 3 is 2.71 bits per heavy atom. The minimum atomic E-state index is -0.298. The van der Waals surface area contributed by atoms with Crippen molar-refractivity contribution in [3.63, 3.8) is 0 Å². The molecule has 5 heteroatoms. The van der Waals surface area contributed by atoms with Gasteiger partial charge in [-0.3, -0.25) is 14.9 Å². The molecule has 110 valence electrons. The zero-order valence-electron chi connectivity index (χ0n) is 12.4. The molecule has 1 fully saturated rings. The zero-order chi connectivity index (χ0) is 15.2. The van der Waals surface area contributed by atoms with Gasteiger partial charge in [0.25, 0.3) is 0 Å². The molecule has 1 aromatic heterocycles. The molecule has 1 aliphatic heterocycles. The number of hydrogen-bond donors (Lipinski definition) is 1. The minimum absolute atomic E-state index is 0.0358. The minimum Gasteiger partial charge on any atom is -0.296 e. The van der Waals surface area contributed by atoms with Crippen molar-refractivity contribution in [2.24, 2.45) is 0 Å². The molecule has 1 atom stereocenters. The molecule has 4 nitrogen and oxygen atoms in total. The first-order valence-corrected chi connectivity index (χ1v) is 7.91. The second kappa shape index (κ2) is 4.91. The Bertz CT molecular complexity index is 727. The van der Waals surface area contributed by atoms with Crippen LogP contribution in [0.3, 0.4) is 0 Å². The van der Waals surface area contributed by atoms with Crippen LogP contribution in [0.2, 0.25) is 0 Å². The van der Waals surface area contributed by atoms with Gasteiger partial charge in [0.2, 0.25) is 11.8 Å². The summed E-state index contributed by atoms with van der Waals surface area (Å²) >= 11 is 1.58. The van der Waals surface area contributed by atoms with Gasteiger partial charge in [0.05, 0.1) is 16.1 Å². The number of imide groups is 1. The predicted octanol–water partition coefficient (Wildman–Crippen LogP) is 3.11. The number of carbonyl (C=O) groups excluding carboxylic acids is 2. The number of fused-ring (bicyclic) bond motifs is 1. The van der Waals surface area contributed by atoms with Crippen LogP contribution in [0.25, 0.3) is 10.2 Å². The van der Waals surface area contributed by atoms with Crippen molar-refractivity contribution < 1.29 is 9.59 Å². The molecule has 1 unspecified atom stereocenters. The van der Waals surface area contributed by atoms with E-state index in [1.165, 1.54) is 5.56 Å². The SMILES string of the molecule is CC(C)(C)c1cccc2nc(C3CCC(=O)NC3=O)sc12. The van der Waals surface area contributed by atoms with Gasteiger partial charge in [0.1, 0.15) is 5.01 Å². The lowest BCUT2D eigenvalue weighted by Crippen LogP contribution is -2.39. The lowest BCUT2D eigenvalue weighted by molar-refractivity contribution is -0.134. The summed E-state index contributed by atoms with van der Waals surface area (Å²) in [5, 5.41) is 3.22. The van der Waals surface area contributed by atoms with E-state index in [4.69, 9.17) is 0 Å². The number of rotatable bonds is 1. The summed E-state index contributed by atoms with van der Waals surface area (Å²) in [7, 11) is 0. The Kier molecular flexibility index (Phi) is 3.32. The van der Waals surface area contributed by atoms with Crippen LogP contribution in [0.4, 0.5) is 0 Å². The summed E-state index contributed by atoms with van der Waals surface area (Å²) in [6.45, 7) is 6.52. The second-order valence-electron chi connectivity index (χ2n) is 6.46. The molecule has 2 heterocycles. The molecule has 1 aromatic carbocycles. The van der Waals surface area contributed by atoms with Crippen LogP contribution >= 0.6 is 11.3 Å². The fourth-order valence-corrected chi connectivity index (χ4v) is 4.06. The highest BCUT2D eigenvalue weighted by atomic mass is 32.1. The molecule has 0 spiro atoms. The van der Waals surface area contributed by atoms with E-state index in [-0.39, 0.29) is 23.1 Å². The molecule has 1 N–H and O–H groups in total. The van der Waals surface area contributed by atoms with Crippen LogP contribution in [0.15, 0.2) is 18.2 Å². The topological polar surface area (TPSA) is 59.1 Å². The molecule has 21 heavy (non-hydrogen) atoms. The number of hydrogen-bond acceptors (Lipinski definition) is 4. The van der Waals surface area contributed by atoms with Crippen molar-refractivity contribution in [3.8, 4) is 0 Å². The predicted molar refractivity (Wildman–Crippen MR) is 83.4 cm³/mol. The number of benzene rings is 1. The Morgan fingerprint density at radius 1 is 1.29 bits per heavy atom. The molecule has 0 bridgehead atoms. The van der Waals surface area contributed by atoms with Crippen molar-refractivity contribution in [3.05, 3.63) is 28.8 Å². The molecule has 2 aromatic rings. The average molecular weight is 302 g/mol. The molecular weight excluding hydrogens is 284 g/mol. The number of thiazole rings is 1. The Labute approximate surface area is 127 Å². The van der Waals surface area contributed by atoms with E-state index in [1.54, 1.807) is 11.3 Å². The largest absolute Gasteiger partial charge is 0.296 e. The maximum atomic E-state index is 12.0. The Balaban J connectivity index is 2.06. The third-order valence-corrected chi connectivity index (χ3v) is 4.99. The van der Waals surface area contributed by atoms with Crippen molar-refractivity contribution in [1.82, 2.24) is 10.3 Å². The van der Waals surface area contributed by atoms with E-state index in [0.29, 0.717) is 12.8 Å². The van der Waals surface area contributed by atoms with E-state index >= 15 is 0 Å². The van der Waals surface area contributed by atoms with E-state index in [9.17, 15) is 9.59 Å². The average Bonchev–Trinajstić information content (AvgIpc) is 2.80. The highest BCUT2D eigenvalue weighted by Crippen LogP contribution is 2.37. The smallest absolute Gasteiger partial charge is 0.236 e. The van der Waals surface area contributed by atoms with Crippen LogP contribution in [0.1, 0.15) is 50.1 Å². The van der Waals surface area contributed by atoms with Crippen molar-refractivity contribution in [2.45, 2.75) is 44.9 Å². The van der Waals surface area contributed by atoms with Crippen molar-refractivity contribution >= 4 is 33.4 Å². The number of carbonyl (C=O) groups is 2. The summed E-state index contributed by atoms with van der Waals surface area (Å²) in [6.07, 6.45) is 0.938. The van der Waals surface area contributed by atoms with Crippen LogP contribution in [0.5, 0.6) is 0 Å². The summed E-state index contributed by atoms with van der Waals surface area (Å²) in [4.78, 5) is 27.9. The van der Waals surface area contributed by atoms with Gasteiger partial charge in [-0.25, -0.2) is 4.98 Å². The molecular formula is C16H18N2O2S. The van der Waals surface area contributed by atoms with E-state index < -0.39 is 0 Å². The van der Waals surface area contributed by atoms with Crippen molar-refractivity contribution in [1.29, 1.82) is 0 Å². The van der Waals surface area contributed by atoms with Gasteiger partial charge >= 0.3 is 0 Å². The third kappa shape index (κ3) is 2.58. The first kappa shape index (κ1) is 14.2. The maximum Gasteiger partial charge on any atom is 0.236 e. The molecule has 1 aliphatic rings. The zero-order valence-corrected chi connectivity index (χ0v) is 13.2. The van der Waals surface area contributed by atoms with Gasteiger partial charge in [-0.2, -0.15) is 0 Å². The lowest BCUT2D eigenvalue weighted by atomic mass is 9.87. The highest BCUT2D eigenvalue weighted by Gasteiger charge is 2.31. The third-order valence-electron chi connectivity index (χ3n) is 3.78. The normalized spacial score (nSPS) is 19.9. The van der Waals surface area contributed by atoms with Gasteiger partial charge in [0.15, 0.2) is 0 Å².